The Morgan fingerprint density at radius 2 is 1.86 bits per heavy atom. The highest BCUT2D eigenvalue weighted by Gasteiger charge is 2.23. The number of carboxylic acid groups (broad SMARTS) is 1. The van der Waals surface area contributed by atoms with E-state index < -0.39 is 18.2 Å². The van der Waals surface area contributed by atoms with Crippen LogP contribution in [0.4, 0.5) is 4.79 Å². The molecule has 0 heterocycles. The third-order valence-corrected chi connectivity index (χ3v) is 2.76. The van der Waals surface area contributed by atoms with Crippen LogP contribution in [0.15, 0.2) is 12.2 Å². The molecule has 0 radical (unpaired) electrons. The number of aliphatic carboxylic acids is 1. The standard InChI is InChI=1S/C14H24N2O6/c1-15(2)12(17)8-6-5-7-11(13(18)19)22-14(20)16(3)9-10-21-4/h6,8,11H,5,7,9-10H2,1-4H3,(H,18,19)/b8-6+/t11-/m0/s1. The number of carbonyl (C=O) groups is 3. The van der Waals surface area contributed by atoms with Crippen molar-refractivity contribution in [2.24, 2.45) is 0 Å². The van der Waals surface area contributed by atoms with Gasteiger partial charge in [-0.15, -0.1) is 0 Å². The Morgan fingerprint density at radius 3 is 2.36 bits per heavy atom. The van der Waals surface area contributed by atoms with Crippen LogP contribution in [0.1, 0.15) is 12.8 Å². The van der Waals surface area contributed by atoms with Crippen LogP contribution in [0.3, 0.4) is 0 Å². The summed E-state index contributed by atoms with van der Waals surface area (Å²) in [6.45, 7) is 0.637. The largest absolute Gasteiger partial charge is 0.479 e. The molecule has 8 heteroatoms. The number of nitrogens with zero attached hydrogens (tertiary/aromatic N) is 2. The lowest BCUT2D eigenvalue weighted by atomic mass is 10.2. The maximum absolute atomic E-state index is 11.7. The Labute approximate surface area is 130 Å². The summed E-state index contributed by atoms with van der Waals surface area (Å²) in [4.78, 5) is 36.7. The summed E-state index contributed by atoms with van der Waals surface area (Å²) >= 11 is 0. The molecule has 0 rings (SSSR count). The van der Waals surface area contributed by atoms with Gasteiger partial charge in [0.25, 0.3) is 0 Å². The van der Waals surface area contributed by atoms with Crippen LogP contribution in [-0.4, -0.2) is 80.4 Å². The molecule has 0 unspecified atom stereocenters. The number of likely N-dealkylation sites (N-methyl/N-ethyl adjacent to an activating group) is 2. The van der Waals surface area contributed by atoms with E-state index in [1.54, 1.807) is 20.2 Å². The summed E-state index contributed by atoms with van der Waals surface area (Å²) in [6.07, 6.45) is 1.34. The van der Waals surface area contributed by atoms with Crippen molar-refractivity contribution in [1.29, 1.82) is 0 Å². The molecule has 0 aromatic rings. The number of methoxy groups -OCH3 is 1. The summed E-state index contributed by atoms with van der Waals surface area (Å²) in [6, 6.07) is 0. The topological polar surface area (TPSA) is 96.4 Å². The predicted octanol–water partition coefficient (Wildman–Crippen LogP) is 0.579. The zero-order chi connectivity index (χ0) is 17.1. The number of amides is 2. The predicted molar refractivity (Wildman–Crippen MR) is 79.5 cm³/mol. The quantitative estimate of drug-likeness (QED) is 0.625. The van der Waals surface area contributed by atoms with Gasteiger partial charge in [0, 0.05) is 34.8 Å². The van der Waals surface area contributed by atoms with E-state index in [4.69, 9.17) is 14.6 Å². The van der Waals surface area contributed by atoms with Gasteiger partial charge in [-0.2, -0.15) is 0 Å². The van der Waals surface area contributed by atoms with Gasteiger partial charge in [-0.05, 0) is 18.9 Å². The Balaban J connectivity index is 4.35. The number of hydrogen-bond donors (Lipinski definition) is 1. The first-order chi connectivity index (χ1) is 10.3. The van der Waals surface area contributed by atoms with Crippen LogP contribution in [0, 0.1) is 0 Å². The maximum Gasteiger partial charge on any atom is 0.410 e. The average molecular weight is 316 g/mol. The molecule has 22 heavy (non-hydrogen) atoms. The van der Waals surface area contributed by atoms with E-state index in [9.17, 15) is 14.4 Å². The first-order valence-corrected chi connectivity index (χ1v) is 6.80. The van der Waals surface area contributed by atoms with Crippen molar-refractivity contribution in [1.82, 2.24) is 9.80 Å². The molecule has 0 aliphatic heterocycles. The molecular weight excluding hydrogens is 292 g/mol. The average Bonchev–Trinajstić information content (AvgIpc) is 2.46. The maximum atomic E-state index is 11.7. The molecule has 0 spiro atoms. The van der Waals surface area contributed by atoms with Crippen LogP contribution >= 0.6 is 0 Å². The summed E-state index contributed by atoms with van der Waals surface area (Å²) in [7, 11) is 6.23. The Morgan fingerprint density at radius 1 is 1.23 bits per heavy atom. The van der Waals surface area contributed by atoms with E-state index >= 15 is 0 Å². The molecule has 2 amide bonds. The van der Waals surface area contributed by atoms with Crippen LogP contribution in [0.25, 0.3) is 0 Å². The van der Waals surface area contributed by atoms with Crippen LogP contribution in [-0.2, 0) is 19.1 Å². The van der Waals surface area contributed by atoms with Gasteiger partial charge in [0.05, 0.1) is 6.61 Å². The number of allylic oxidation sites excluding steroid dienone is 1. The molecule has 0 bridgehead atoms. The zero-order valence-corrected chi connectivity index (χ0v) is 13.4. The highest BCUT2D eigenvalue weighted by Crippen LogP contribution is 2.06. The lowest BCUT2D eigenvalue weighted by molar-refractivity contribution is -0.147. The van der Waals surface area contributed by atoms with E-state index in [0.717, 1.165) is 0 Å². The van der Waals surface area contributed by atoms with Gasteiger partial charge in [-0.1, -0.05) is 6.08 Å². The zero-order valence-electron chi connectivity index (χ0n) is 13.4. The lowest BCUT2D eigenvalue weighted by Gasteiger charge is -2.19. The van der Waals surface area contributed by atoms with Crippen molar-refractivity contribution in [2.75, 3.05) is 41.4 Å². The lowest BCUT2D eigenvalue weighted by Crippen LogP contribution is -2.36. The first kappa shape index (κ1) is 19.9. The van der Waals surface area contributed by atoms with Gasteiger partial charge < -0.3 is 24.4 Å². The van der Waals surface area contributed by atoms with Gasteiger partial charge in [-0.3, -0.25) is 4.79 Å². The molecule has 8 nitrogen and oxygen atoms in total. The second kappa shape index (κ2) is 10.6. The molecule has 0 aliphatic rings. The first-order valence-electron chi connectivity index (χ1n) is 6.80. The molecule has 0 aromatic heterocycles. The van der Waals surface area contributed by atoms with Crippen molar-refractivity contribution >= 4 is 18.0 Å². The van der Waals surface area contributed by atoms with Crippen LogP contribution in [0.5, 0.6) is 0 Å². The number of carboxylic acids is 1. The number of hydrogen-bond acceptors (Lipinski definition) is 5. The third-order valence-electron chi connectivity index (χ3n) is 2.76. The van der Waals surface area contributed by atoms with E-state index in [-0.39, 0.29) is 12.3 Å². The van der Waals surface area contributed by atoms with Crippen LogP contribution in [0.2, 0.25) is 0 Å². The fourth-order valence-corrected chi connectivity index (χ4v) is 1.34. The monoisotopic (exact) mass is 316 g/mol. The van der Waals surface area contributed by atoms with Crippen molar-refractivity contribution in [3.63, 3.8) is 0 Å². The Kier molecular flexibility index (Phi) is 9.60. The van der Waals surface area contributed by atoms with Crippen molar-refractivity contribution in [3.05, 3.63) is 12.2 Å². The molecule has 0 aromatic carbocycles. The fraction of sp³-hybridized carbons (Fsp3) is 0.643. The van der Waals surface area contributed by atoms with E-state index in [1.807, 2.05) is 0 Å². The summed E-state index contributed by atoms with van der Waals surface area (Å²) in [5, 5.41) is 9.06. The normalized spacial score (nSPS) is 12.0. The molecule has 1 atom stereocenters. The van der Waals surface area contributed by atoms with E-state index in [2.05, 4.69) is 0 Å². The fourth-order valence-electron chi connectivity index (χ4n) is 1.34. The summed E-state index contributed by atoms with van der Waals surface area (Å²) < 4.78 is 9.75. The third kappa shape index (κ3) is 8.25. The van der Waals surface area contributed by atoms with E-state index in [1.165, 1.54) is 30.0 Å². The van der Waals surface area contributed by atoms with Crippen molar-refractivity contribution in [2.45, 2.75) is 18.9 Å². The summed E-state index contributed by atoms with van der Waals surface area (Å²) in [5.74, 6) is -1.41. The molecule has 0 fully saturated rings. The molecular formula is C14H24N2O6. The van der Waals surface area contributed by atoms with Gasteiger partial charge in [0.2, 0.25) is 12.0 Å². The van der Waals surface area contributed by atoms with Gasteiger partial charge >= 0.3 is 12.1 Å². The molecule has 126 valence electrons. The van der Waals surface area contributed by atoms with Gasteiger partial charge in [0.1, 0.15) is 0 Å². The van der Waals surface area contributed by atoms with Gasteiger partial charge in [0.15, 0.2) is 0 Å². The summed E-state index contributed by atoms with van der Waals surface area (Å²) in [5.41, 5.74) is 0. The van der Waals surface area contributed by atoms with Crippen molar-refractivity contribution in [3.8, 4) is 0 Å². The highest BCUT2D eigenvalue weighted by atomic mass is 16.6. The highest BCUT2D eigenvalue weighted by molar-refractivity contribution is 5.87. The second-order valence-corrected chi connectivity index (χ2v) is 4.84. The molecule has 1 N–H and O–H groups in total. The minimum atomic E-state index is -1.25. The minimum absolute atomic E-state index is 0.0937. The van der Waals surface area contributed by atoms with Gasteiger partial charge in [-0.25, -0.2) is 9.59 Å². The minimum Gasteiger partial charge on any atom is -0.479 e. The smallest absolute Gasteiger partial charge is 0.410 e. The Bertz CT molecular complexity index is 408. The number of rotatable bonds is 9. The van der Waals surface area contributed by atoms with Crippen LogP contribution < -0.4 is 0 Å². The SMILES string of the molecule is COCCN(C)C(=O)O[C@@H](CC/C=C/C(=O)N(C)C)C(=O)O. The number of ether oxygens (including phenoxy) is 2. The molecule has 0 aliphatic carbocycles. The van der Waals surface area contributed by atoms with Crippen molar-refractivity contribution < 1.29 is 29.0 Å². The molecule has 0 saturated heterocycles. The molecule has 0 saturated carbocycles. The van der Waals surface area contributed by atoms with E-state index in [0.29, 0.717) is 19.6 Å². The number of carbonyl (C=O) groups excluding carboxylic acids is 2. The second-order valence-electron chi connectivity index (χ2n) is 4.84. The Hall–Kier alpha value is -2.09.